The van der Waals surface area contributed by atoms with Crippen molar-refractivity contribution >= 4 is 67.1 Å². The van der Waals surface area contributed by atoms with Crippen molar-refractivity contribution in [3.8, 4) is 0 Å². The zero-order chi connectivity index (χ0) is 16.8. The lowest BCUT2D eigenvalue weighted by molar-refractivity contribution is -0.162. The van der Waals surface area contributed by atoms with E-state index >= 15 is 0 Å². The maximum atomic E-state index is 12.6. The molecule has 1 amide bonds. The van der Waals surface area contributed by atoms with Crippen LogP contribution in [-0.2, 0) is 20.9 Å². The van der Waals surface area contributed by atoms with Crippen LogP contribution in [0.4, 0.5) is 0 Å². The zero-order valence-electron chi connectivity index (χ0n) is 12.2. The van der Waals surface area contributed by atoms with E-state index < -0.39 is 20.0 Å². The third-order valence-corrected chi connectivity index (χ3v) is 8.61. The van der Waals surface area contributed by atoms with E-state index in [4.69, 9.17) is 16.3 Å². The number of fused-ring (bicyclic) bond motifs is 1. The van der Waals surface area contributed by atoms with Crippen molar-refractivity contribution in [1.29, 1.82) is 0 Å². The van der Waals surface area contributed by atoms with Crippen LogP contribution in [0.15, 0.2) is 30.3 Å². The van der Waals surface area contributed by atoms with Gasteiger partial charge < -0.3 is 9.64 Å². The van der Waals surface area contributed by atoms with E-state index in [0.717, 1.165) is 5.56 Å². The molecule has 0 aliphatic carbocycles. The van der Waals surface area contributed by atoms with Crippen molar-refractivity contribution in [3.05, 3.63) is 35.9 Å². The highest BCUT2D eigenvalue weighted by Crippen LogP contribution is 2.60. The van der Waals surface area contributed by atoms with Crippen molar-refractivity contribution < 1.29 is 14.3 Å². The third kappa shape index (κ3) is 2.83. The van der Waals surface area contributed by atoms with Crippen LogP contribution in [0, 0.1) is 0 Å². The van der Waals surface area contributed by atoms with Gasteiger partial charge >= 0.3 is 5.97 Å². The van der Waals surface area contributed by atoms with Gasteiger partial charge in [0.05, 0.1) is 4.75 Å². The average Bonchev–Trinajstić information content (AvgIpc) is 2.86. The molecule has 2 heterocycles. The number of carbonyl (C=O) groups excluding carboxylic acids is 2. The van der Waals surface area contributed by atoms with Crippen LogP contribution in [0.3, 0.4) is 0 Å². The Hall–Kier alpha value is -0.240. The van der Waals surface area contributed by atoms with Crippen LogP contribution in [0.1, 0.15) is 12.5 Å². The van der Waals surface area contributed by atoms with Crippen molar-refractivity contribution in [2.45, 2.75) is 32.9 Å². The van der Waals surface area contributed by atoms with Crippen LogP contribution in [-0.4, -0.2) is 42.1 Å². The molecule has 2 saturated heterocycles. The lowest BCUT2D eigenvalue weighted by atomic mass is 9.98. The van der Waals surface area contributed by atoms with Gasteiger partial charge in [0.2, 0.25) is 0 Å². The normalized spacial score (nSPS) is 31.5. The molecule has 1 aromatic rings. The van der Waals surface area contributed by atoms with Gasteiger partial charge in [-0.25, -0.2) is 4.79 Å². The second-order valence-electron chi connectivity index (χ2n) is 5.75. The minimum atomic E-state index is -0.827. The van der Waals surface area contributed by atoms with Crippen LogP contribution in [0.5, 0.6) is 0 Å². The molecule has 0 radical (unpaired) electrons. The summed E-state index contributed by atoms with van der Waals surface area (Å²) >= 11 is 14.4. The Balaban J connectivity index is 1.77. The average molecular weight is 484 g/mol. The molecular formula is C15H14Br2ClNO3S. The molecule has 0 unspecified atom stereocenters. The standard InChI is InChI=1S/C15H14Br2ClNO3S/c1-14(8-18)10(19-12(21)15(16,17)13(19)23-14)11(20)22-7-9-5-3-2-4-6-9/h2-6,10,13H,7-8H2,1H3/t10-,13+,14-/m0/s1. The zero-order valence-corrected chi connectivity index (χ0v) is 16.9. The topological polar surface area (TPSA) is 46.6 Å². The van der Waals surface area contributed by atoms with E-state index in [1.54, 1.807) is 4.90 Å². The van der Waals surface area contributed by atoms with Crippen molar-refractivity contribution in [1.82, 2.24) is 4.90 Å². The predicted molar refractivity (Wildman–Crippen MR) is 98.0 cm³/mol. The van der Waals surface area contributed by atoms with Crippen molar-refractivity contribution in [2.75, 3.05) is 5.88 Å². The number of halogens is 3. The summed E-state index contributed by atoms with van der Waals surface area (Å²) in [6, 6.07) is 8.76. The Morgan fingerprint density at radius 2 is 2.04 bits per heavy atom. The van der Waals surface area contributed by atoms with E-state index in [1.165, 1.54) is 11.8 Å². The molecule has 0 N–H and O–H groups in total. The second kappa shape index (κ2) is 6.24. The SMILES string of the molecule is C[C@@]1(CCl)S[C@H]2N(C(=O)C2(Br)Br)[C@H]1C(=O)OCc1ccccc1. The first kappa shape index (κ1) is 17.6. The van der Waals surface area contributed by atoms with Gasteiger partial charge in [-0.15, -0.1) is 23.4 Å². The molecule has 3 atom stereocenters. The van der Waals surface area contributed by atoms with Crippen molar-refractivity contribution in [2.24, 2.45) is 0 Å². The first-order valence-electron chi connectivity index (χ1n) is 6.96. The number of alkyl halides is 3. The van der Waals surface area contributed by atoms with Crippen LogP contribution in [0.2, 0.25) is 0 Å². The summed E-state index contributed by atoms with van der Waals surface area (Å²) in [4.78, 5) is 26.5. The number of rotatable bonds is 4. The fraction of sp³-hybridized carbons (Fsp3) is 0.467. The van der Waals surface area contributed by atoms with Crippen molar-refractivity contribution in [3.63, 3.8) is 0 Å². The fourth-order valence-corrected chi connectivity index (χ4v) is 6.00. The highest BCUT2D eigenvalue weighted by atomic mass is 79.9. The quantitative estimate of drug-likeness (QED) is 0.374. The predicted octanol–water partition coefficient (Wildman–Crippen LogP) is 3.50. The Morgan fingerprint density at radius 1 is 1.39 bits per heavy atom. The number of esters is 1. The summed E-state index contributed by atoms with van der Waals surface area (Å²) in [5, 5.41) is -0.187. The van der Waals surface area contributed by atoms with Crippen LogP contribution < -0.4 is 0 Å². The Labute approximate surface area is 160 Å². The van der Waals surface area contributed by atoms with Gasteiger partial charge in [0.15, 0.2) is 3.23 Å². The van der Waals surface area contributed by atoms with E-state index in [-0.39, 0.29) is 23.8 Å². The smallest absolute Gasteiger partial charge is 0.330 e. The summed E-state index contributed by atoms with van der Waals surface area (Å²) in [6.45, 7) is 2.07. The van der Waals surface area contributed by atoms with Gasteiger partial charge in [-0.1, -0.05) is 62.2 Å². The molecule has 2 aliphatic heterocycles. The molecule has 4 nitrogen and oxygen atoms in total. The summed E-state index contributed by atoms with van der Waals surface area (Å²) < 4.78 is 4.03. The highest BCUT2D eigenvalue weighted by Gasteiger charge is 2.71. The Bertz CT molecular complexity index is 645. The molecule has 1 aromatic carbocycles. The maximum Gasteiger partial charge on any atom is 0.330 e. The molecule has 8 heteroatoms. The monoisotopic (exact) mass is 481 g/mol. The summed E-state index contributed by atoms with van der Waals surface area (Å²) in [6.07, 6.45) is 0. The largest absolute Gasteiger partial charge is 0.459 e. The van der Waals surface area contributed by atoms with Gasteiger partial charge in [-0.2, -0.15) is 0 Å². The number of nitrogens with zero attached hydrogens (tertiary/aromatic N) is 1. The molecule has 0 spiro atoms. The fourth-order valence-electron chi connectivity index (χ4n) is 2.76. The number of amides is 1. The van der Waals surface area contributed by atoms with E-state index in [1.807, 2.05) is 37.3 Å². The molecular weight excluding hydrogens is 469 g/mol. The van der Waals surface area contributed by atoms with Gasteiger partial charge in [-0.3, -0.25) is 4.79 Å². The molecule has 124 valence electrons. The van der Waals surface area contributed by atoms with E-state index in [0.29, 0.717) is 0 Å². The number of carbonyl (C=O) groups is 2. The highest BCUT2D eigenvalue weighted by molar-refractivity contribution is 9.26. The van der Waals surface area contributed by atoms with Gasteiger partial charge in [-0.05, 0) is 12.5 Å². The minimum Gasteiger partial charge on any atom is -0.459 e. The molecule has 0 saturated carbocycles. The lowest BCUT2D eigenvalue weighted by Crippen LogP contribution is -2.68. The molecule has 0 aromatic heterocycles. The second-order valence-corrected chi connectivity index (χ2v) is 11.2. The maximum absolute atomic E-state index is 12.6. The first-order valence-corrected chi connectivity index (χ1v) is 9.96. The number of ether oxygens (including phenoxy) is 1. The molecule has 0 bridgehead atoms. The third-order valence-electron chi connectivity index (χ3n) is 4.03. The molecule has 2 fully saturated rings. The van der Waals surface area contributed by atoms with Crippen LogP contribution in [0.25, 0.3) is 0 Å². The number of β-lactam (4-membered cyclic amide) rings is 1. The first-order chi connectivity index (χ1) is 10.8. The lowest BCUT2D eigenvalue weighted by Gasteiger charge is -2.46. The van der Waals surface area contributed by atoms with E-state index in [2.05, 4.69) is 31.9 Å². The summed E-state index contributed by atoms with van der Waals surface area (Å²) in [5.41, 5.74) is 0.904. The molecule has 3 rings (SSSR count). The number of benzene rings is 1. The van der Waals surface area contributed by atoms with Gasteiger partial charge in [0.25, 0.3) is 5.91 Å². The summed E-state index contributed by atoms with van der Waals surface area (Å²) in [5.74, 6) is -0.347. The molecule has 2 aliphatic rings. The Morgan fingerprint density at radius 3 is 2.65 bits per heavy atom. The Kier molecular flexibility index (Phi) is 4.77. The van der Waals surface area contributed by atoms with Crippen LogP contribution >= 0.6 is 55.2 Å². The number of thioether (sulfide) groups is 1. The summed E-state index contributed by atoms with van der Waals surface area (Å²) in [7, 11) is 0. The van der Waals surface area contributed by atoms with E-state index in [9.17, 15) is 9.59 Å². The number of hydrogen-bond donors (Lipinski definition) is 0. The molecule has 23 heavy (non-hydrogen) atoms. The minimum absolute atomic E-state index is 0.175. The number of hydrogen-bond acceptors (Lipinski definition) is 4. The van der Waals surface area contributed by atoms with Gasteiger partial charge in [0.1, 0.15) is 18.0 Å². The van der Waals surface area contributed by atoms with Gasteiger partial charge in [0, 0.05) is 5.88 Å².